The van der Waals surface area contributed by atoms with Gasteiger partial charge in [0.2, 0.25) is 0 Å². The Hall–Kier alpha value is -2.37. The first-order valence-corrected chi connectivity index (χ1v) is 5.95. The molecule has 0 bridgehead atoms. The first kappa shape index (κ1) is 15.0. The molecule has 1 N–H and O–H groups in total. The van der Waals surface area contributed by atoms with Gasteiger partial charge in [-0.05, 0) is 41.0 Å². The van der Waals surface area contributed by atoms with E-state index < -0.39 is 29.9 Å². The molecule has 2 nitrogen and oxygen atoms in total. The van der Waals surface area contributed by atoms with E-state index in [0.29, 0.717) is 11.1 Å². The number of carbonyl (C=O) groups is 1. The number of alkyl halides is 3. The van der Waals surface area contributed by atoms with Crippen LogP contribution in [0.15, 0.2) is 42.5 Å². The van der Waals surface area contributed by atoms with Crippen molar-refractivity contribution in [2.45, 2.75) is 12.6 Å². The largest absolute Gasteiger partial charge is 0.481 e. The highest BCUT2D eigenvalue weighted by Gasteiger charge is 2.31. The summed E-state index contributed by atoms with van der Waals surface area (Å²) >= 11 is 0. The molecule has 0 saturated heterocycles. The maximum Gasteiger partial charge on any atom is 0.416 e. The lowest BCUT2D eigenvalue weighted by molar-refractivity contribution is -0.138. The van der Waals surface area contributed by atoms with Crippen molar-refractivity contribution in [2.75, 3.05) is 0 Å². The van der Waals surface area contributed by atoms with E-state index in [1.165, 1.54) is 18.2 Å². The van der Waals surface area contributed by atoms with Crippen LogP contribution < -0.4 is 0 Å². The van der Waals surface area contributed by atoms with E-state index in [1.54, 1.807) is 0 Å². The van der Waals surface area contributed by atoms with Gasteiger partial charge in [-0.25, -0.2) is 4.39 Å². The summed E-state index contributed by atoms with van der Waals surface area (Å²) < 4.78 is 51.0. The number of rotatable bonds is 3. The first-order chi connectivity index (χ1) is 9.77. The number of halogens is 4. The van der Waals surface area contributed by atoms with E-state index >= 15 is 0 Å². The third-order valence-electron chi connectivity index (χ3n) is 2.93. The summed E-state index contributed by atoms with van der Waals surface area (Å²) in [5.41, 5.74) is -0.0830. The first-order valence-electron chi connectivity index (χ1n) is 5.95. The molecule has 0 unspecified atom stereocenters. The van der Waals surface area contributed by atoms with Crippen LogP contribution in [0, 0.1) is 5.82 Å². The van der Waals surface area contributed by atoms with E-state index in [-0.39, 0.29) is 5.56 Å². The van der Waals surface area contributed by atoms with Crippen molar-refractivity contribution in [2.24, 2.45) is 0 Å². The Bertz CT molecular complexity index is 660. The average Bonchev–Trinajstić information content (AvgIpc) is 2.38. The summed E-state index contributed by atoms with van der Waals surface area (Å²) in [6.45, 7) is 0. The third-order valence-corrected chi connectivity index (χ3v) is 2.93. The molecular weight excluding hydrogens is 288 g/mol. The third kappa shape index (κ3) is 3.59. The Morgan fingerprint density at radius 2 is 1.67 bits per heavy atom. The van der Waals surface area contributed by atoms with Crippen LogP contribution in [-0.4, -0.2) is 11.1 Å². The fourth-order valence-corrected chi connectivity index (χ4v) is 1.99. The van der Waals surface area contributed by atoms with Crippen molar-refractivity contribution in [1.29, 1.82) is 0 Å². The zero-order valence-corrected chi connectivity index (χ0v) is 10.6. The molecule has 0 saturated carbocycles. The van der Waals surface area contributed by atoms with Crippen LogP contribution in [0.1, 0.15) is 11.1 Å². The molecule has 0 atom stereocenters. The standard InChI is InChI=1S/C15H10F4O2/c16-12-4-1-9(2-5-12)13-6-3-11(15(17,18)19)7-10(13)8-14(20)21/h1-7H,8H2,(H,20,21). The van der Waals surface area contributed by atoms with Gasteiger partial charge in [0.15, 0.2) is 0 Å². The van der Waals surface area contributed by atoms with Gasteiger partial charge >= 0.3 is 12.1 Å². The molecule has 0 spiro atoms. The fourth-order valence-electron chi connectivity index (χ4n) is 1.99. The minimum absolute atomic E-state index is 0.0314. The number of carboxylic acid groups (broad SMARTS) is 1. The average molecular weight is 298 g/mol. The summed E-state index contributed by atoms with van der Waals surface area (Å²) in [5, 5.41) is 8.83. The van der Waals surface area contributed by atoms with E-state index in [2.05, 4.69) is 0 Å². The molecule has 0 radical (unpaired) electrons. The summed E-state index contributed by atoms with van der Waals surface area (Å²) in [5.74, 6) is -1.72. The number of carboxylic acids is 1. The van der Waals surface area contributed by atoms with Crippen molar-refractivity contribution < 1.29 is 27.5 Å². The monoisotopic (exact) mass is 298 g/mol. The summed E-state index contributed by atoms with van der Waals surface area (Å²) in [6.07, 6.45) is -5.09. The Morgan fingerprint density at radius 3 is 2.19 bits per heavy atom. The van der Waals surface area contributed by atoms with Gasteiger partial charge in [-0.1, -0.05) is 18.2 Å². The topological polar surface area (TPSA) is 37.3 Å². The van der Waals surface area contributed by atoms with Gasteiger partial charge < -0.3 is 5.11 Å². The second-order valence-corrected chi connectivity index (χ2v) is 4.45. The van der Waals surface area contributed by atoms with Crippen LogP contribution in [0.3, 0.4) is 0 Å². The lowest BCUT2D eigenvalue weighted by atomic mass is 9.95. The predicted octanol–water partition coefficient (Wildman–Crippen LogP) is 4.14. The van der Waals surface area contributed by atoms with Gasteiger partial charge in [-0.15, -0.1) is 0 Å². The predicted molar refractivity (Wildman–Crippen MR) is 68.2 cm³/mol. The number of hydrogen-bond donors (Lipinski definition) is 1. The molecule has 0 fully saturated rings. The minimum atomic E-state index is -4.55. The Labute approximate surface area is 117 Å². The zero-order valence-electron chi connectivity index (χ0n) is 10.6. The molecule has 21 heavy (non-hydrogen) atoms. The van der Waals surface area contributed by atoms with Crippen LogP contribution in [0.2, 0.25) is 0 Å². The van der Waals surface area contributed by atoms with E-state index in [4.69, 9.17) is 5.11 Å². The van der Waals surface area contributed by atoms with Crippen LogP contribution >= 0.6 is 0 Å². The second-order valence-electron chi connectivity index (χ2n) is 4.45. The lowest BCUT2D eigenvalue weighted by Crippen LogP contribution is -2.08. The summed E-state index contributed by atoms with van der Waals surface area (Å²) in [4.78, 5) is 10.8. The van der Waals surface area contributed by atoms with Crippen LogP contribution in [-0.2, 0) is 17.4 Å². The van der Waals surface area contributed by atoms with Crippen LogP contribution in [0.4, 0.5) is 17.6 Å². The van der Waals surface area contributed by atoms with Gasteiger partial charge in [-0.2, -0.15) is 13.2 Å². The molecule has 0 heterocycles. The second kappa shape index (κ2) is 5.55. The van der Waals surface area contributed by atoms with Gasteiger partial charge in [-0.3, -0.25) is 4.79 Å². The molecule has 0 aromatic heterocycles. The molecule has 0 aliphatic rings. The molecule has 0 aliphatic heterocycles. The Kier molecular flexibility index (Phi) is 3.97. The number of benzene rings is 2. The fraction of sp³-hybridized carbons (Fsp3) is 0.133. The molecule has 2 aromatic rings. The summed E-state index contributed by atoms with van der Waals surface area (Å²) in [6, 6.07) is 8.01. The van der Waals surface area contributed by atoms with Gasteiger partial charge in [0, 0.05) is 0 Å². The number of hydrogen-bond acceptors (Lipinski definition) is 1. The van der Waals surface area contributed by atoms with Crippen molar-refractivity contribution in [3.63, 3.8) is 0 Å². The van der Waals surface area contributed by atoms with Crippen molar-refractivity contribution in [3.8, 4) is 11.1 Å². The molecular formula is C15H10F4O2. The molecule has 0 amide bonds. The molecule has 2 aromatic carbocycles. The number of aliphatic carboxylic acids is 1. The van der Waals surface area contributed by atoms with Crippen molar-refractivity contribution >= 4 is 5.97 Å². The van der Waals surface area contributed by atoms with Gasteiger partial charge in [0.1, 0.15) is 5.82 Å². The van der Waals surface area contributed by atoms with E-state index in [9.17, 15) is 22.4 Å². The van der Waals surface area contributed by atoms with Crippen molar-refractivity contribution in [3.05, 3.63) is 59.4 Å². The molecule has 110 valence electrons. The van der Waals surface area contributed by atoms with E-state index in [0.717, 1.165) is 24.3 Å². The van der Waals surface area contributed by atoms with Gasteiger partial charge in [0.25, 0.3) is 0 Å². The molecule has 6 heteroatoms. The molecule has 0 aliphatic carbocycles. The normalized spacial score (nSPS) is 11.4. The molecule has 2 rings (SSSR count). The zero-order chi connectivity index (χ0) is 15.6. The highest BCUT2D eigenvalue weighted by molar-refractivity contribution is 5.77. The van der Waals surface area contributed by atoms with Crippen LogP contribution in [0.25, 0.3) is 11.1 Å². The maximum atomic E-state index is 12.9. The summed E-state index contributed by atoms with van der Waals surface area (Å²) in [7, 11) is 0. The smallest absolute Gasteiger partial charge is 0.416 e. The van der Waals surface area contributed by atoms with E-state index in [1.807, 2.05) is 0 Å². The minimum Gasteiger partial charge on any atom is -0.481 e. The Morgan fingerprint density at radius 1 is 1.05 bits per heavy atom. The lowest BCUT2D eigenvalue weighted by Gasteiger charge is -2.13. The SMILES string of the molecule is O=C(O)Cc1cc(C(F)(F)F)ccc1-c1ccc(F)cc1. The van der Waals surface area contributed by atoms with Gasteiger partial charge in [0.05, 0.1) is 12.0 Å². The van der Waals surface area contributed by atoms with Crippen LogP contribution in [0.5, 0.6) is 0 Å². The maximum absolute atomic E-state index is 12.9. The quantitative estimate of drug-likeness (QED) is 0.865. The van der Waals surface area contributed by atoms with Crippen molar-refractivity contribution in [1.82, 2.24) is 0 Å². The highest BCUT2D eigenvalue weighted by atomic mass is 19.4. The highest BCUT2D eigenvalue weighted by Crippen LogP contribution is 2.33. The Balaban J connectivity index is 2.54.